The van der Waals surface area contributed by atoms with Crippen molar-refractivity contribution in [3.63, 3.8) is 0 Å². The molecule has 0 radical (unpaired) electrons. The maximum atomic E-state index is 6.23. The molecule has 1 aromatic carbocycles. The van der Waals surface area contributed by atoms with E-state index in [1.165, 1.54) is 0 Å². The van der Waals surface area contributed by atoms with E-state index in [0.29, 0.717) is 29.1 Å². The van der Waals surface area contributed by atoms with Crippen LogP contribution in [0.4, 0.5) is 5.82 Å². The van der Waals surface area contributed by atoms with Gasteiger partial charge in [0.15, 0.2) is 5.82 Å². The summed E-state index contributed by atoms with van der Waals surface area (Å²) in [6.45, 7) is 1.22. The van der Waals surface area contributed by atoms with Crippen LogP contribution >= 0.6 is 23.2 Å². The van der Waals surface area contributed by atoms with E-state index >= 15 is 0 Å². The number of fused-ring (bicyclic) bond motifs is 1. The highest BCUT2D eigenvalue weighted by Crippen LogP contribution is 2.31. The van der Waals surface area contributed by atoms with Gasteiger partial charge in [-0.3, -0.25) is 0 Å². The molecular formula is C14H13Cl2N3O. The summed E-state index contributed by atoms with van der Waals surface area (Å²) in [5.41, 5.74) is 2.81. The van der Waals surface area contributed by atoms with Crippen molar-refractivity contribution in [1.82, 2.24) is 9.97 Å². The fourth-order valence-electron chi connectivity index (χ4n) is 2.23. The summed E-state index contributed by atoms with van der Waals surface area (Å²) < 4.78 is 5.46. The molecule has 1 aliphatic rings. The first-order chi connectivity index (χ1) is 9.69. The van der Waals surface area contributed by atoms with Crippen LogP contribution in [0.15, 0.2) is 18.2 Å². The molecule has 0 atom stereocenters. The topological polar surface area (TPSA) is 47.0 Å². The number of aromatic nitrogens is 2. The van der Waals surface area contributed by atoms with Crippen molar-refractivity contribution < 1.29 is 4.74 Å². The van der Waals surface area contributed by atoms with Gasteiger partial charge in [0.1, 0.15) is 5.82 Å². The van der Waals surface area contributed by atoms with Gasteiger partial charge in [-0.15, -0.1) is 0 Å². The lowest BCUT2D eigenvalue weighted by molar-refractivity contribution is 0.109. The minimum absolute atomic E-state index is 0.542. The van der Waals surface area contributed by atoms with Crippen LogP contribution in [0.1, 0.15) is 11.3 Å². The minimum atomic E-state index is 0.542. The first kappa shape index (κ1) is 13.6. The minimum Gasteiger partial charge on any atom is -0.376 e. The number of anilines is 1. The van der Waals surface area contributed by atoms with E-state index in [1.807, 2.05) is 13.1 Å². The van der Waals surface area contributed by atoms with E-state index in [2.05, 4.69) is 15.3 Å². The Morgan fingerprint density at radius 3 is 2.85 bits per heavy atom. The SMILES string of the molecule is CNc1nc(-c2ccc(Cl)cc2Cl)nc2c1COCC2. The van der Waals surface area contributed by atoms with Crippen LogP contribution in [-0.4, -0.2) is 23.6 Å². The third-order valence-corrected chi connectivity index (χ3v) is 3.78. The molecular weight excluding hydrogens is 297 g/mol. The van der Waals surface area contributed by atoms with E-state index < -0.39 is 0 Å². The maximum absolute atomic E-state index is 6.23. The van der Waals surface area contributed by atoms with Crippen molar-refractivity contribution >= 4 is 29.0 Å². The number of ether oxygens (including phenoxy) is 1. The molecule has 0 aliphatic carbocycles. The van der Waals surface area contributed by atoms with Gasteiger partial charge in [-0.2, -0.15) is 0 Å². The summed E-state index contributed by atoms with van der Waals surface area (Å²) >= 11 is 12.2. The standard InChI is InChI=1S/C14H13Cl2N3O/c1-17-13-10-7-20-5-4-12(10)18-14(19-13)9-3-2-8(15)6-11(9)16/h2-3,6H,4-5,7H2,1H3,(H,17,18,19). The van der Waals surface area contributed by atoms with Crippen LogP contribution in [0.3, 0.4) is 0 Å². The normalized spacial score (nSPS) is 13.9. The summed E-state index contributed by atoms with van der Waals surface area (Å²) in [6, 6.07) is 5.32. The van der Waals surface area contributed by atoms with Gasteiger partial charge < -0.3 is 10.1 Å². The Bertz CT molecular complexity index is 644. The van der Waals surface area contributed by atoms with Crippen molar-refractivity contribution in [2.45, 2.75) is 13.0 Å². The molecule has 20 heavy (non-hydrogen) atoms. The van der Waals surface area contributed by atoms with Gasteiger partial charge >= 0.3 is 0 Å². The van der Waals surface area contributed by atoms with Gasteiger partial charge in [-0.25, -0.2) is 9.97 Å². The predicted octanol–water partition coefficient (Wildman–Crippen LogP) is 3.56. The third-order valence-electron chi connectivity index (χ3n) is 3.23. The van der Waals surface area contributed by atoms with Crippen molar-refractivity contribution in [2.75, 3.05) is 19.0 Å². The van der Waals surface area contributed by atoms with E-state index in [1.54, 1.807) is 12.1 Å². The number of benzene rings is 1. The summed E-state index contributed by atoms with van der Waals surface area (Å²) in [5, 5.41) is 4.24. The zero-order valence-corrected chi connectivity index (χ0v) is 12.4. The molecule has 0 saturated carbocycles. The molecule has 3 rings (SSSR count). The zero-order chi connectivity index (χ0) is 14.1. The Morgan fingerprint density at radius 1 is 1.25 bits per heavy atom. The molecule has 0 amide bonds. The molecule has 2 aromatic rings. The molecule has 0 bridgehead atoms. The second kappa shape index (κ2) is 5.56. The molecule has 1 aromatic heterocycles. The van der Waals surface area contributed by atoms with E-state index in [0.717, 1.165) is 29.1 Å². The highest BCUT2D eigenvalue weighted by atomic mass is 35.5. The van der Waals surface area contributed by atoms with Gasteiger partial charge in [0.05, 0.1) is 23.9 Å². The summed E-state index contributed by atoms with van der Waals surface area (Å²) in [5.74, 6) is 1.40. The number of hydrogen-bond acceptors (Lipinski definition) is 4. The van der Waals surface area contributed by atoms with Gasteiger partial charge in [-0.1, -0.05) is 23.2 Å². The zero-order valence-electron chi connectivity index (χ0n) is 10.9. The number of rotatable bonds is 2. The Kier molecular flexibility index (Phi) is 3.78. The van der Waals surface area contributed by atoms with E-state index in [4.69, 9.17) is 27.9 Å². The van der Waals surface area contributed by atoms with Crippen LogP contribution in [0.25, 0.3) is 11.4 Å². The molecule has 0 fully saturated rings. The fraction of sp³-hybridized carbons (Fsp3) is 0.286. The van der Waals surface area contributed by atoms with E-state index in [-0.39, 0.29) is 0 Å². The van der Waals surface area contributed by atoms with Gasteiger partial charge in [0.25, 0.3) is 0 Å². The van der Waals surface area contributed by atoms with Crippen molar-refractivity contribution in [2.24, 2.45) is 0 Å². The second-order valence-electron chi connectivity index (χ2n) is 4.50. The van der Waals surface area contributed by atoms with Crippen LogP contribution in [0.2, 0.25) is 10.0 Å². The highest BCUT2D eigenvalue weighted by molar-refractivity contribution is 6.36. The first-order valence-electron chi connectivity index (χ1n) is 6.29. The van der Waals surface area contributed by atoms with E-state index in [9.17, 15) is 0 Å². The predicted molar refractivity (Wildman–Crippen MR) is 80.4 cm³/mol. The van der Waals surface area contributed by atoms with Gasteiger partial charge in [0, 0.05) is 29.6 Å². The highest BCUT2D eigenvalue weighted by Gasteiger charge is 2.19. The summed E-state index contributed by atoms with van der Waals surface area (Å²) in [6.07, 6.45) is 0.782. The van der Waals surface area contributed by atoms with Crippen molar-refractivity contribution in [3.05, 3.63) is 39.5 Å². The van der Waals surface area contributed by atoms with Crippen LogP contribution < -0.4 is 5.32 Å². The lowest BCUT2D eigenvalue weighted by atomic mass is 10.1. The quantitative estimate of drug-likeness (QED) is 0.921. The Hall–Kier alpha value is -1.36. The number of hydrogen-bond donors (Lipinski definition) is 1. The van der Waals surface area contributed by atoms with Crippen LogP contribution in [-0.2, 0) is 17.8 Å². The number of halogens is 2. The fourth-order valence-corrected chi connectivity index (χ4v) is 2.72. The average Bonchev–Trinajstić information content (AvgIpc) is 2.46. The first-order valence-corrected chi connectivity index (χ1v) is 7.05. The Balaban J connectivity index is 2.14. The third kappa shape index (κ3) is 2.46. The number of nitrogens with one attached hydrogen (secondary N) is 1. The summed E-state index contributed by atoms with van der Waals surface area (Å²) in [4.78, 5) is 9.16. The van der Waals surface area contributed by atoms with Crippen molar-refractivity contribution in [1.29, 1.82) is 0 Å². The molecule has 104 valence electrons. The average molecular weight is 310 g/mol. The summed E-state index contributed by atoms with van der Waals surface area (Å²) in [7, 11) is 1.84. The smallest absolute Gasteiger partial charge is 0.163 e. The van der Waals surface area contributed by atoms with Gasteiger partial charge in [-0.05, 0) is 18.2 Å². The van der Waals surface area contributed by atoms with Crippen LogP contribution in [0, 0.1) is 0 Å². The lowest BCUT2D eigenvalue weighted by Gasteiger charge is -2.19. The molecule has 1 N–H and O–H groups in total. The molecule has 6 heteroatoms. The molecule has 2 heterocycles. The second-order valence-corrected chi connectivity index (χ2v) is 5.34. The molecule has 1 aliphatic heterocycles. The monoisotopic (exact) mass is 309 g/mol. The van der Waals surface area contributed by atoms with Gasteiger partial charge in [0.2, 0.25) is 0 Å². The lowest BCUT2D eigenvalue weighted by Crippen LogP contribution is -2.16. The molecule has 0 saturated heterocycles. The van der Waals surface area contributed by atoms with Crippen molar-refractivity contribution in [3.8, 4) is 11.4 Å². The molecule has 0 unspecified atom stereocenters. The molecule has 4 nitrogen and oxygen atoms in total. The Morgan fingerprint density at radius 2 is 2.10 bits per heavy atom. The largest absolute Gasteiger partial charge is 0.376 e. The Labute approximate surface area is 127 Å². The maximum Gasteiger partial charge on any atom is 0.163 e. The number of nitrogens with zero attached hydrogens (tertiary/aromatic N) is 2. The van der Waals surface area contributed by atoms with Crippen LogP contribution in [0.5, 0.6) is 0 Å². The molecule has 0 spiro atoms.